The molecule has 0 saturated carbocycles. The van der Waals surface area contributed by atoms with Gasteiger partial charge in [0.05, 0.1) is 14.2 Å². The Hall–Kier alpha value is -3.72. The van der Waals surface area contributed by atoms with Gasteiger partial charge in [-0.25, -0.2) is 9.37 Å². The largest absolute Gasteiger partial charge is 0.497 e. The van der Waals surface area contributed by atoms with E-state index in [0.29, 0.717) is 34.0 Å². The molecule has 0 aliphatic carbocycles. The Morgan fingerprint density at radius 3 is 2.44 bits per heavy atom. The number of halogens is 1. The van der Waals surface area contributed by atoms with Gasteiger partial charge in [0, 0.05) is 53.7 Å². The summed E-state index contributed by atoms with van der Waals surface area (Å²) in [5.41, 5.74) is 1.02. The molecule has 2 aromatic carbocycles. The van der Waals surface area contributed by atoms with E-state index >= 15 is 0 Å². The third kappa shape index (κ3) is 5.12. The molecule has 0 saturated heterocycles. The summed E-state index contributed by atoms with van der Waals surface area (Å²) >= 11 is 0. The minimum Gasteiger partial charge on any atom is -0.497 e. The van der Waals surface area contributed by atoms with Crippen molar-refractivity contribution in [2.45, 2.75) is 19.9 Å². The number of benzene rings is 2. The topological polar surface area (TPSA) is 103 Å². The average Bonchev–Trinajstić information content (AvgIpc) is 2.78. The van der Waals surface area contributed by atoms with Crippen molar-refractivity contribution in [2.75, 3.05) is 26.1 Å². The standard InChI is InChI=1S/C23H24FN3O5/c1-14-20(7-8-28)23(30)27(22(25-14)15-5-4-6-16(24)9-15)13-21(29)26-17-10-18(31-2)12-19(11-17)32-3/h4-6,9-12,28H,7-8,13H2,1-3H3,(H,26,29). The fourth-order valence-corrected chi connectivity index (χ4v) is 3.32. The fraction of sp³-hybridized carbons (Fsp3) is 0.261. The van der Waals surface area contributed by atoms with Crippen molar-refractivity contribution in [1.29, 1.82) is 0 Å². The number of methoxy groups -OCH3 is 2. The zero-order chi connectivity index (χ0) is 23.3. The number of aliphatic hydroxyl groups excluding tert-OH is 1. The van der Waals surface area contributed by atoms with E-state index in [0.717, 1.165) is 0 Å². The third-order valence-electron chi connectivity index (χ3n) is 4.85. The summed E-state index contributed by atoms with van der Waals surface area (Å²) in [6.45, 7) is 1.03. The molecule has 1 aromatic heterocycles. The summed E-state index contributed by atoms with van der Waals surface area (Å²) in [5, 5.41) is 12.0. The minimum absolute atomic E-state index is 0.0931. The quantitative estimate of drug-likeness (QED) is 0.557. The molecule has 0 fully saturated rings. The van der Waals surface area contributed by atoms with Crippen LogP contribution in [-0.4, -0.2) is 41.4 Å². The molecule has 168 valence electrons. The van der Waals surface area contributed by atoms with Crippen LogP contribution < -0.4 is 20.3 Å². The number of carbonyl (C=O) groups is 1. The second-order valence-electron chi connectivity index (χ2n) is 7.02. The summed E-state index contributed by atoms with van der Waals surface area (Å²) in [5.74, 6) is 0.139. The first-order valence-electron chi connectivity index (χ1n) is 9.86. The molecule has 0 bridgehead atoms. The van der Waals surface area contributed by atoms with E-state index in [9.17, 15) is 19.1 Å². The maximum Gasteiger partial charge on any atom is 0.257 e. The summed E-state index contributed by atoms with van der Waals surface area (Å²) in [6, 6.07) is 10.5. The van der Waals surface area contributed by atoms with Crippen LogP contribution in [0.5, 0.6) is 11.5 Å². The predicted molar refractivity (Wildman–Crippen MR) is 118 cm³/mol. The van der Waals surface area contributed by atoms with E-state index in [1.54, 1.807) is 31.2 Å². The lowest BCUT2D eigenvalue weighted by Crippen LogP contribution is -2.33. The van der Waals surface area contributed by atoms with Gasteiger partial charge in [-0.3, -0.25) is 14.2 Å². The molecule has 3 rings (SSSR count). The van der Waals surface area contributed by atoms with Gasteiger partial charge >= 0.3 is 0 Å². The Morgan fingerprint density at radius 2 is 1.84 bits per heavy atom. The molecule has 0 spiro atoms. The molecule has 1 heterocycles. The number of nitrogens with one attached hydrogen (secondary N) is 1. The maximum absolute atomic E-state index is 13.8. The first-order chi connectivity index (χ1) is 15.4. The van der Waals surface area contributed by atoms with Gasteiger partial charge < -0.3 is 19.9 Å². The van der Waals surface area contributed by atoms with Crippen molar-refractivity contribution in [3.8, 4) is 22.9 Å². The molecule has 1 amide bonds. The minimum atomic E-state index is -0.499. The SMILES string of the molecule is COc1cc(NC(=O)Cn2c(-c3cccc(F)c3)nc(C)c(CCO)c2=O)cc(OC)c1. The molecule has 0 aliphatic heterocycles. The highest BCUT2D eigenvalue weighted by atomic mass is 19.1. The van der Waals surface area contributed by atoms with Crippen molar-refractivity contribution in [3.05, 3.63) is 69.9 Å². The first-order valence-corrected chi connectivity index (χ1v) is 9.86. The number of carbonyl (C=O) groups excluding carboxylic acids is 1. The molecule has 9 heteroatoms. The number of aliphatic hydroxyl groups is 1. The summed E-state index contributed by atoms with van der Waals surface area (Å²) in [6.07, 6.45) is 0.0931. The maximum atomic E-state index is 13.8. The highest BCUT2D eigenvalue weighted by molar-refractivity contribution is 5.91. The van der Waals surface area contributed by atoms with Crippen LogP contribution >= 0.6 is 0 Å². The molecule has 0 unspecified atom stereocenters. The van der Waals surface area contributed by atoms with Crippen LogP contribution in [0, 0.1) is 12.7 Å². The summed E-state index contributed by atoms with van der Waals surface area (Å²) in [4.78, 5) is 30.4. The normalized spacial score (nSPS) is 10.7. The molecule has 3 aromatic rings. The number of amides is 1. The molecule has 0 radical (unpaired) electrons. The van der Waals surface area contributed by atoms with Crippen LogP contribution in [0.2, 0.25) is 0 Å². The van der Waals surface area contributed by atoms with Gasteiger partial charge in [0.25, 0.3) is 5.56 Å². The number of anilines is 1. The van der Waals surface area contributed by atoms with E-state index in [1.807, 2.05) is 0 Å². The number of aromatic nitrogens is 2. The number of hydrogen-bond acceptors (Lipinski definition) is 6. The van der Waals surface area contributed by atoms with Crippen LogP contribution in [-0.2, 0) is 17.8 Å². The Morgan fingerprint density at radius 1 is 1.16 bits per heavy atom. The van der Waals surface area contributed by atoms with Crippen molar-refractivity contribution in [1.82, 2.24) is 9.55 Å². The third-order valence-corrected chi connectivity index (χ3v) is 4.85. The van der Waals surface area contributed by atoms with Gasteiger partial charge in [0.2, 0.25) is 5.91 Å². The van der Waals surface area contributed by atoms with E-state index in [4.69, 9.17) is 9.47 Å². The van der Waals surface area contributed by atoms with Crippen LogP contribution in [0.4, 0.5) is 10.1 Å². The van der Waals surface area contributed by atoms with Crippen molar-refractivity contribution in [3.63, 3.8) is 0 Å². The number of ether oxygens (including phenoxy) is 2. The molecule has 0 aliphatic rings. The lowest BCUT2D eigenvalue weighted by atomic mass is 10.1. The molecule has 0 atom stereocenters. The number of aryl methyl sites for hydroxylation is 1. The van der Waals surface area contributed by atoms with Gasteiger partial charge in [-0.15, -0.1) is 0 Å². The molecular weight excluding hydrogens is 417 g/mol. The Kier molecular flexibility index (Phi) is 7.21. The Balaban J connectivity index is 2.01. The molecule has 8 nitrogen and oxygen atoms in total. The van der Waals surface area contributed by atoms with Gasteiger partial charge in [0.15, 0.2) is 0 Å². The number of rotatable bonds is 8. The van der Waals surface area contributed by atoms with Crippen LogP contribution in [0.1, 0.15) is 11.3 Å². The van der Waals surface area contributed by atoms with Crippen molar-refractivity contribution in [2.24, 2.45) is 0 Å². The summed E-state index contributed by atoms with van der Waals surface area (Å²) < 4.78 is 25.4. The first kappa shape index (κ1) is 23.0. The Bertz CT molecular complexity index is 1170. The Labute approximate surface area is 184 Å². The van der Waals surface area contributed by atoms with Crippen molar-refractivity contribution >= 4 is 11.6 Å². The second kappa shape index (κ2) is 10.1. The van der Waals surface area contributed by atoms with Crippen LogP contribution in [0.25, 0.3) is 11.4 Å². The molecule has 32 heavy (non-hydrogen) atoms. The lowest BCUT2D eigenvalue weighted by Gasteiger charge is -2.16. The van der Waals surface area contributed by atoms with E-state index < -0.39 is 17.3 Å². The van der Waals surface area contributed by atoms with Gasteiger partial charge in [0.1, 0.15) is 29.7 Å². The fourth-order valence-electron chi connectivity index (χ4n) is 3.32. The number of nitrogens with zero attached hydrogens (tertiary/aromatic N) is 2. The van der Waals surface area contributed by atoms with Gasteiger partial charge in [-0.2, -0.15) is 0 Å². The number of hydrogen-bond donors (Lipinski definition) is 2. The lowest BCUT2D eigenvalue weighted by molar-refractivity contribution is -0.116. The van der Waals surface area contributed by atoms with Gasteiger partial charge in [-0.05, 0) is 19.1 Å². The smallest absolute Gasteiger partial charge is 0.257 e. The zero-order valence-corrected chi connectivity index (χ0v) is 18.0. The predicted octanol–water partition coefficient (Wildman–Crippen LogP) is 2.55. The monoisotopic (exact) mass is 441 g/mol. The van der Waals surface area contributed by atoms with E-state index in [1.165, 1.54) is 37.0 Å². The highest BCUT2D eigenvalue weighted by Crippen LogP contribution is 2.26. The molecule has 2 N–H and O–H groups in total. The average molecular weight is 441 g/mol. The van der Waals surface area contributed by atoms with Crippen LogP contribution in [0.15, 0.2) is 47.3 Å². The van der Waals surface area contributed by atoms with Crippen LogP contribution in [0.3, 0.4) is 0 Å². The second-order valence-corrected chi connectivity index (χ2v) is 7.02. The summed E-state index contributed by atoms with van der Waals surface area (Å²) in [7, 11) is 2.98. The van der Waals surface area contributed by atoms with Crippen molar-refractivity contribution < 1.29 is 23.8 Å². The van der Waals surface area contributed by atoms with E-state index in [-0.39, 0.29) is 25.4 Å². The molecular formula is C23H24FN3O5. The highest BCUT2D eigenvalue weighted by Gasteiger charge is 2.18. The van der Waals surface area contributed by atoms with E-state index in [2.05, 4.69) is 10.3 Å². The zero-order valence-electron chi connectivity index (χ0n) is 18.0. The van der Waals surface area contributed by atoms with Gasteiger partial charge in [-0.1, -0.05) is 12.1 Å².